The average Bonchev–Trinajstić information content (AvgIpc) is 3.62. The van der Waals surface area contributed by atoms with E-state index in [1.54, 1.807) is 0 Å². The first-order valence-corrected chi connectivity index (χ1v) is 17.9. The zero-order valence-corrected chi connectivity index (χ0v) is 28.5. The third-order valence-electron chi connectivity index (χ3n) is 10.5. The molecule has 0 radical (unpaired) electrons. The highest BCUT2D eigenvalue weighted by atomic mass is 16.3. The lowest BCUT2D eigenvalue weighted by molar-refractivity contribution is 0.669. The second-order valence-corrected chi connectivity index (χ2v) is 13.5. The molecular formula is C49H29N3O. The molecule has 0 N–H and O–H groups in total. The summed E-state index contributed by atoms with van der Waals surface area (Å²) in [5.41, 5.74) is 6.86. The van der Waals surface area contributed by atoms with Crippen LogP contribution < -0.4 is 0 Å². The number of benzene rings is 9. The predicted molar refractivity (Wildman–Crippen MR) is 219 cm³/mol. The molecule has 0 bridgehead atoms. The van der Waals surface area contributed by atoms with Crippen molar-refractivity contribution >= 4 is 65.0 Å². The molecule has 0 aliphatic rings. The minimum atomic E-state index is 0.633. The summed E-state index contributed by atoms with van der Waals surface area (Å²) in [5.74, 6) is 1.91. The van der Waals surface area contributed by atoms with Gasteiger partial charge in [-0.3, -0.25) is 0 Å². The minimum absolute atomic E-state index is 0.633. The van der Waals surface area contributed by atoms with E-state index < -0.39 is 0 Å². The highest BCUT2D eigenvalue weighted by Gasteiger charge is 2.18. The minimum Gasteiger partial charge on any atom is -0.456 e. The molecule has 0 unspecified atom stereocenters. The number of aromatic nitrogens is 3. The lowest BCUT2D eigenvalue weighted by atomic mass is 9.93. The molecule has 0 atom stereocenters. The molecule has 2 heterocycles. The van der Waals surface area contributed by atoms with Gasteiger partial charge in [0.25, 0.3) is 0 Å². The van der Waals surface area contributed by atoms with Gasteiger partial charge in [0.2, 0.25) is 0 Å². The van der Waals surface area contributed by atoms with Gasteiger partial charge in [-0.1, -0.05) is 158 Å². The Labute approximate surface area is 304 Å². The molecule has 0 amide bonds. The van der Waals surface area contributed by atoms with Gasteiger partial charge >= 0.3 is 0 Å². The molecule has 11 aromatic rings. The smallest absolute Gasteiger partial charge is 0.164 e. The standard InChI is InChI=1S/C49H29N3O/c1-2-12-32(13-3-1)47-50-48(34-27-28-36-33(29-34)26-25-31-24-23-30-11-4-5-14-35(30)45(31)36)52-49(51-47)41-20-9-16-37-38(17-8-18-39(37)41)40-19-10-22-44-46(40)42-15-6-7-21-43(42)53-44/h1-29H. The molecule has 0 fully saturated rings. The van der Waals surface area contributed by atoms with Crippen molar-refractivity contribution in [3.8, 4) is 45.3 Å². The Morgan fingerprint density at radius 1 is 0.302 bits per heavy atom. The highest BCUT2D eigenvalue weighted by Crippen LogP contribution is 2.41. The molecule has 0 saturated heterocycles. The van der Waals surface area contributed by atoms with Crippen LogP contribution in [0.3, 0.4) is 0 Å². The van der Waals surface area contributed by atoms with Gasteiger partial charge in [0.1, 0.15) is 11.2 Å². The van der Waals surface area contributed by atoms with Crippen LogP contribution in [0.4, 0.5) is 0 Å². The lowest BCUT2D eigenvalue weighted by Crippen LogP contribution is -2.00. The van der Waals surface area contributed by atoms with E-state index in [9.17, 15) is 0 Å². The summed E-state index contributed by atoms with van der Waals surface area (Å²) in [5, 5.41) is 11.8. The van der Waals surface area contributed by atoms with Crippen molar-refractivity contribution in [2.45, 2.75) is 0 Å². The van der Waals surface area contributed by atoms with E-state index in [4.69, 9.17) is 19.4 Å². The van der Waals surface area contributed by atoms with E-state index in [1.807, 2.05) is 36.4 Å². The molecule has 0 aliphatic heterocycles. The van der Waals surface area contributed by atoms with Gasteiger partial charge in [-0.25, -0.2) is 15.0 Å². The lowest BCUT2D eigenvalue weighted by Gasteiger charge is -2.13. The molecular weight excluding hydrogens is 647 g/mol. The molecule has 53 heavy (non-hydrogen) atoms. The number of rotatable bonds is 4. The van der Waals surface area contributed by atoms with Crippen LogP contribution in [0.2, 0.25) is 0 Å². The summed E-state index contributed by atoms with van der Waals surface area (Å²) in [6.45, 7) is 0. The SMILES string of the molecule is c1ccc(-c2nc(-c3ccc4c(ccc5ccc6ccccc6c54)c3)nc(-c3cccc4c(-c5cccc6oc7ccccc7c56)cccc34)n2)cc1. The Morgan fingerprint density at radius 2 is 0.887 bits per heavy atom. The molecule has 246 valence electrons. The summed E-state index contributed by atoms with van der Waals surface area (Å²) in [6.07, 6.45) is 0. The molecule has 9 aromatic carbocycles. The van der Waals surface area contributed by atoms with Gasteiger partial charge < -0.3 is 4.42 Å². The maximum Gasteiger partial charge on any atom is 0.164 e. The topological polar surface area (TPSA) is 51.8 Å². The first kappa shape index (κ1) is 29.5. The maximum atomic E-state index is 6.27. The summed E-state index contributed by atoms with van der Waals surface area (Å²) in [4.78, 5) is 15.4. The third-order valence-corrected chi connectivity index (χ3v) is 10.5. The maximum absolute atomic E-state index is 6.27. The number of furan rings is 1. The van der Waals surface area contributed by atoms with Crippen molar-refractivity contribution in [3.63, 3.8) is 0 Å². The van der Waals surface area contributed by atoms with Crippen LogP contribution in [0.1, 0.15) is 0 Å². The van der Waals surface area contributed by atoms with Gasteiger partial charge in [-0.2, -0.15) is 0 Å². The fourth-order valence-electron chi connectivity index (χ4n) is 8.06. The van der Waals surface area contributed by atoms with E-state index >= 15 is 0 Å². The number of fused-ring (bicyclic) bond motifs is 9. The van der Waals surface area contributed by atoms with Crippen LogP contribution in [0.5, 0.6) is 0 Å². The number of para-hydroxylation sites is 1. The largest absolute Gasteiger partial charge is 0.456 e. The molecule has 0 spiro atoms. The molecule has 2 aromatic heterocycles. The Hall–Kier alpha value is -7.17. The fourth-order valence-corrected chi connectivity index (χ4v) is 8.06. The van der Waals surface area contributed by atoms with Crippen molar-refractivity contribution in [2.75, 3.05) is 0 Å². The monoisotopic (exact) mass is 675 g/mol. The summed E-state index contributed by atoms with van der Waals surface area (Å²) in [6, 6.07) is 61.6. The van der Waals surface area contributed by atoms with Crippen molar-refractivity contribution in [2.24, 2.45) is 0 Å². The first-order chi connectivity index (χ1) is 26.3. The highest BCUT2D eigenvalue weighted by molar-refractivity contribution is 6.20. The van der Waals surface area contributed by atoms with Gasteiger partial charge in [-0.15, -0.1) is 0 Å². The summed E-state index contributed by atoms with van der Waals surface area (Å²) in [7, 11) is 0. The molecule has 0 saturated carbocycles. The Kier molecular flexibility index (Phi) is 6.52. The predicted octanol–water partition coefficient (Wildman–Crippen LogP) is 13.1. The zero-order chi connectivity index (χ0) is 34.9. The van der Waals surface area contributed by atoms with E-state index in [2.05, 4.69) is 140 Å². The van der Waals surface area contributed by atoms with E-state index in [-0.39, 0.29) is 0 Å². The number of hydrogen-bond donors (Lipinski definition) is 0. The fraction of sp³-hybridized carbons (Fsp3) is 0. The van der Waals surface area contributed by atoms with Crippen LogP contribution >= 0.6 is 0 Å². The number of nitrogens with zero attached hydrogens (tertiary/aromatic N) is 3. The molecule has 4 heteroatoms. The quantitative estimate of drug-likeness (QED) is 0.174. The number of hydrogen-bond acceptors (Lipinski definition) is 4. The second-order valence-electron chi connectivity index (χ2n) is 13.5. The second kappa shape index (κ2) is 11.7. The van der Waals surface area contributed by atoms with Crippen molar-refractivity contribution in [1.29, 1.82) is 0 Å². The van der Waals surface area contributed by atoms with Crippen LogP contribution in [-0.2, 0) is 0 Å². The Bertz CT molecular complexity index is 3240. The molecule has 4 nitrogen and oxygen atoms in total. The van der Waals surface area contributed by atoms with E-state index in [0.29, 0.717) is 17.5 Å². The van der Waals surface area contributed by atoms with E-state index in [1.165, 1.54) is 26.9 Å². The van der Waals surface area contributed by atoms with Crippen LogP contribution in [0.25, 0.3) is 110 Å². The zero-order valence-electron chi connectivity index (χ0n) is 28.5. The average molecular weight is 676 g/mol. The van der Waals surface area contributed by atoms with E-state index in [0.717, 1.165) is 65.9 Å². The van der Waals surface area contributed by atoms with Crippen LogP contribution in [-0.4, -0.2) is 15.0 Å². The van der Waals surface area contributed by atoms with Gasteiger partial charge in [0.15, 0.2) is 17.5 Å². The van der Waals surface area contributed by atoms with Gasteiger partial charge in [0, 0.05) is 27.5 Å². The Balaban J connectivity index is 1.12. The van der Waals surface area contributed by atoms with Gasteiger partial charge in [-0.05, 0) is 72.4 Å². The van der Waals surface area contributed by atoms with Crippen molar-refractivity contribution < 1.29 is 4.42 Å². The van der Waals surface area contributed by atoms with Crippen LogP contribution in [0, 0.1) is 0 Å². The Morgan fingerprint density at radius 3 is 1.75 bits per heavy atom. The van der Waals surface area contributed by atoms with Crippen molar-refractivity contribution in [3.05, 3.63) is 176 Å². The third kappa shape index (κ3) is 4.73. The molecule has 11 rings (SSSR count). The summed E-state index contributed by atoms with van der Waals surface area (Å²) < 4.78 is 6.27. The van der Waals surface area contributed by atoms with Gasteiger partial charge in [0.05, 0.1) is 0 Å². The van der Waals surface area contributed by atoms with Crippen molar-refractivity contribution in [1.82, 2.24) is 15.0 Å². The normalized spacial score (nSPS) is 11.8. The summed E-state index contributed by atoms with van der Waals surface area (Å²) >= 11 is 0. The molecule has 0 aliphatic carbocycles. The van der Waals surface area contributed by atoms with Crippen LogP contribution in [0.15, 0.2) is 180 Å². The first-order valence-electron chi connectivity index (χ1n) is 17.9.